The van der Waals surface area contributed by atoms with Gasteiger partial charge in [-0.1, -0.05) is 367 Å². The van der Waals surface area contributed by atoms with Crippen LogP contribution >= 0.6 is 63.7 Å². The van der Waals surface area contributed by atoms with Crippen molar-refractivity contribution < 1.29 is 18.1 Å². The summed E-state index contributed by atoms with van der Waals surface area (Å²) in [4.78, 5) is 12.5. The fourth-order valence-electron chi connectivity index (χ4n) is 18.8. The summed E-state index contributed by atoms with van der Waals surface area (Å²) in [6.07, 6.45) is 0. The van der Waals surface area contributed by atoms with E-state index in [1.807, 2.05) is 72.8 Å². The van der Waals surface area contributed by atoms with Crippen molar-refractivity contribution in [1.29, 1.82) is 0 Å². The van der Waals surface area contributed by atoms with E-state index in [1.54, 1.807) is 0 Å². The lowest BCUT2D eigenvalue weighted by molar-refractivity contribution is 0.00578. The minimum absolute atomic E-state index is 0.337. The second-order valence-corrected chi connectivity index (χ2v) is 40.0. The van der Waals surface area contributed by atoms with E-state index in [2.05, 4.69) is 533 Å². The van der Waals surface area contributed by atoms with Crippen LogP contribution in [-0.4, -0.2) is 47.0 Å². The Morgan fingerprint density at radius 2 is 0.420 bits per heavy atom. The van der Waals surface area contributed by atoms with Gasteiger partial charge in [0.05, 0.1) is 44.3 Å². The second kappa shape index (κ2) is 40.6. The minimum Gasteiger partial charge on any atom is -0.436 e. The fourth-order valence-corrected chi connectivity index (χ4v) is 19.9. The van der Waals surface area contributed by atoms with Crippen LogP contribution in [0.25, 0.3) is 205 Å². The number of benzene rings is 20. The number of nitrogens with zero attached hydrogens (tertiary/aromatic N) is 5. The van der Waals surface area contributed by atoms with E-state index in [9.17, 15) is 0 Å². The van der Waals surface area contributed by atoms with Crippen molar-refractivity contribution >= 4 is 186 Å². The van der Waals surface area contributed by atoms with Crippen LogP contribution in [0.15, 0.2) is 512 Å². The number of oxazole rings is 2. The highest BCUT2D eigenvalue weighted by Gasteiger charge is 2.51. The summed E-state index contributed by atoms with van der Waals surface area (Å²) < 4.78 is 35.4. The van der Waals surface area contributed by atoms with Crippen LogP contribution in [0.5, 0.6) is 0 Å². The van der Waals surface area contributed by atoms with Gasteiger partial charge in [0.2, 0.25) is 11.8 Å². The van der Waals surface area contributed by atoms with E-state index in [0.29, 0.717) is 11.8 Å². The largest absolute Gasteiger partial charge is 0.494 e. The third-order valence-electron chi connectivity index (χ3n) is 26.9. The number of para-hydroxylation sites is 12. The van der Waals surface area contributed by atoms with Gasteiger partial charge >= 0.3 is 7.12 Å². The molecule has 10 nitrogen and oxygen atoms in total. The molecular weight excluding hydrogens is 2020 g/mol. The molecule has 0 bridgehead atoms. The Kier molecular flexibility index (Phi) is 26.2. The number of hydrogen-bond donors (Lipinski definition) is 1. The van der Waals surface area contributed by atoms with Crippen LogP contribution in [0.4, 0.5) is 0 Å². The Bertz CT molecular complexity index is 8490. The molecule has 1 aliphatic heterocycles. The van der Waals surface area contributed by atoms with Gasteiger partial charge in [-0.05, 0) is 271 Å². The SMILES string of the molecule is Brc1ccc(-c2ccc(-n3c4ccccc4c4ccccc43)cc2)cc1.Brc1ccc(-c2ccc(-n3c4ccccc4c4ccccc43)cc2)cc1.Brc1ccc(-c2ccc(Br)cc2)cc1.CC1(C)OB(c2ccc(-c3nc4ccccc4o3)cc2)OC1(C)C.c1ccc2c(c1)[nH]c1ccccc12.c1ccc2oc(-c3ccc(-c4ccc(-c5ccc(-n6c7ccccc7c7ccccc76)cc5)cc4)cc3)nc2c1. The smallest absolute Gasteiger partial charge is 0.436 e. The number of aromatic amines is 1. The number of nitrogens with one attached hydrogen (secondary N) is 1. The van der Waals surface area contributed by atoms with E-state index < -0.39 is 0 Å². The third-order valence-corrected chi connectivity index (χ3v) is 29.0. The second-order valence-electron chi connectivity index (χ2n) is 36.3. The van der Waals surface area contributed by atoms with Crippen molar-refractivity contribution in [3.8, 4) is 95.6 Å². The van der Waals surface area contributed by atoms with Crippen LogP contribution in [0.3, 0.4) is 0 Å². The van der Waals surface area contributed by atoms with Crippen molar-refractivity contribution in [2.24, 2.45) is 0 Å². The molecule has 26 aromatic rings. The first-order valence-corrected chi connectivity index (χ1v) is 50.8. The summed E-state index contributed by atoms with van der Waals surface area (Å²) in [5, 5.41) is 10.3. The standard InChI is InChI=1S/C37H24N2O.2C24H16BrN.C19H20BNO3.C12H8Br2.C12H9N/c1-4-10-34-31(7-1)32-8-2-5-11-35(32)39(34)30-23-21-28(22-24-30)26-15-13-25(14-16-26)27-17-19-29(20-18-27)37-38-33-9-3-6-12-36(33)40-37;2*25-19-13-9-17(10-14-19)18-11-15-20(16-12-18)26-23-7-3-1-5-21(23)22-6-2-4-8-24(22)26;1-18(2)19(3,4)24-20(23-18)14-11-9-13(10-12-14)17-21-15-7-5-6-8-16(15)22-17;13-11-5-1-9(2-6-11)10-3-7-12(14)8-4-10;1-3-7-11-9(5-1)10-6-2-4-8-12(10)13-11/h1-24H;2*1-16H;5-12H,1-4H3;1-8H;1-8,13H. The molecule has 690 valence electrons. The molecule has 0 spiro atoms. The first kappa shape index (κ1) is 92.5. The van der Waals surface area contributed by atoms with Crippen LogP contribution in [0, 0.1) is 0 Å². The van der Waals surface area contributed by atoms with Gasteiger partial charge in [0.1, 0.15) is 11.0 Å². The van der Waals surface area contributed by atoms with Crippen molar-refractivity contribution in [2.45, 2.75) is 38.9 Å². The fraction of sp³-hybridized carbons (Fsp3) is 0.0469. The Labute approximate surface area is 862 Å². The molecule has 1 N–H and O–H groups in total. The molecule has 15 heteroatoms. The molecule has 0 saturated carbocycles. The molecule has 0 radical (unpaired) electrons. The molecule has 1 aliphatic rings. The predicted molar refractivity (Wildman–Crippen MR) is 611 cm³/mol. The number of rotatable bonds is 11. The summed E-state index contributed by atoms with van der Waals surface area (Å²) >= 11 is 13.8. The molecule has 0 aliphatic carbocycles. The van der Waals surface area contributed by atoms with Gasteiger partial charge in [0, 0.05) is 100 Å². The zero-order valence-corrected chi connectivity index (χ0v) is 85.0. The molecule has 20 aromatic carbocycles. The summed E-state index contributed by atoms with van der Waals surface area (Å²) in [5.41, 5.74) is 31.0. The van der Waals surface area contributed by atoms with Gasteiger partial charge in [-0.3, -0.25) is 0 Å². The molecule has 0 unspecified atom stereocenters. The Morgan fingerprint density at radius 3 is 0.678 bits per heavy atom. The summed E-state index contributed by atoms with van der Waals surface area (Å²) in [5.74, 6) is 1.27. The predicted octanol–water partition coefficient (Wildman–Crippen LogP) is 36.3. The van der Waals surface area contributed by atoms with E-state index in [4.69, 9.17) is 18.1 Å². The van der Waals surface area contributed by atoms with E-state index in [1.165, 1.54) is 149 Å². The molecule has 6 aromatic heterocycles. The Morgan fingerprint density at radius 1 is 0.217 bits per heavy atom. The molecule has 1 fully saturated rings. The van der Waals surface area contributed by atoms with E-state index in [-0.39, 0.29) is 18.3 Å². The number of H-pyrrole nitrogens is 1. The lowest BCUT2D eigenvalue weighted by Gasteiger charge is -2.32. The lowest BCUT2D eigenvalue weighted by Crippen LogP contribution is -2.41. The van der Waals surface area contributed by atoms with E-state index in [0.717, 1.165) is 67.9 Å². The molecule has 0 atom stereocenters. The Balaban J connectivity index is 0.000000102. The van der Waals surface area contributed by atoms with Gasteiger partial charge in [-0.15, -0.1) is 0 Å². The number of fused-ring (bicyclic) bond motifs is 14. The van der Waals surface area contributed by atoms with Crippen molar-refractivity contribution in [3.63, 3.8) is 0 Å². The van der Waals surface area contributed by atoms with Crippen LogP contribution in [-0.2, 0) is 9.31 Å². The normalized spacial score (nSPS) is 12.5. The highest BCUT2D eigenvalue weighted by atomic mass is 79.9. The molecule has 1 saturated heterocycles. The molecule has 7 heterocycles. The number of hydrogen-bond acceptors (Lipinski definition) is 6. The lowest BCUT2D eigenvalue weighted by atomic mass is 9.79. The highest BCUT2D eigenvalue weighted by molar-refractivity contribution is 9.11. The van der Waals surface area contributed by atoms with Crippen molar-refractivity contribution in [1.82, 2.24) is 28.7 Å². The van der Waals surface area contributed by atoms with Gasteiger partial charge in [-0.2, -0.15) is 0 Å². The van der Waals surface area contributed by atoms with Crippen LogP contribution in [0.2, 0.25) is 0 Å². The van der Waals surface area contributed by atoms with Gasteiger partial charge in [0.15, 0.2) is 11.2 Å². The van der Waals surface area contributed by atoms with E-state index >= 15 is 0 Å². The van der Waals surface area contributed by atoms with Crippen LogP contribution in [0.1, 0.15) is 27.7 Å². The first-order chi connectivity index (χ1) is 70.0. The Hall–Kier alpha value is -15.6. The molecular formula is C128H93BBr4N6O4. The maximum Gasteiger partial charge on any atom is 0.494 e. The topological polar surface area (TPSA) is 101 Å². The highest BCUT2D eigenvalue weighted by Crippen LogP contribution is 2.42. The number of aromatic nitrogens is 6. The number of halogens is 4. The first-order valence-electron chi connectivity index (χ1n) is 47.6. The maximum absolute atomic E-state index is 6.08. The summed E-state index contributed by atoms with van der Waals surface area (Å²) in [7, 11) is -0.354. The summed E-state index contributed by atoms with van der Waals surface area (Å²) in [6, 6.07) is 169. The minimum atomic E-state index is -0.354. The monoisotopic (exact) mass is 2100 g/mol. The maximum atomic E-state index is 6.08. The quantitative estimate of drug-likeness (QED) is 0.130. The summed E-state index contributed by atoms with van der Waals surface area (Å²) in [6.45, 7) is 8.22. The molecule has 143 heavy (non-hydrogen) atoms. The average Bonchev–Trinajstić information content (AvgIpc) is 1.57. The molecule has 27 rings (SSSR count). The van der Waals surface area contributed by atoms with Gasteiger partial charge in [0.25, 0.3) is 0 Å². The van der Waals surface area contributed by atoms with Gasteiger partial charge in [-0.25, -0.2) is 9.97 Å². The van der Waals surface area contributed by atoms with Crippen molar-refractivity contribution in [2.75, 3.05) is 0 Å². The van der Waals surface area contributed by atoms with Crippen LogP contribution < -0.4 is 5.46 Å². The zero-order valence-electron chi connectivity index (χ0n) is 78.6. The average molecular weight is 2110 g/mol. The van der Waals surface area contributed by atoms with Gasteiger partial charge < -0.3 is 36.8 Å². The molecule has 0 amide bonds. The third kappa shape index (κ3) is 19.4. The zero-order chi connectivity index (χ0) is 97.1. The van der Waals surface area contributed by atoms with Crippen molar-refractivity contribution in [3.05, 3.63) is 503 Å².